The number of aryl methyl sites for hydroxylation is 2. The SMILES string of the molecule is COc1cc(C)nc(Nc2ccc(C(C)C)cc2C)n1. The van der Waals surface area contributed by atoms with Crippen LogP contribution >= 0.6 is 0 Å². The lowest BCUT2D eigenvalue weighted by molar-refractivity contribution is 0.397. The maximum atomic E-state index is 5.16. The fourth-order valence-electron chi connectivity index (χ4n) is 2.01. The van der Waals surface area contributed by atoms with Crippen LogP contribution in [0.15, 0.2) is 24.3 Å². The van der Waals surface area contributed by atoms with Gasteiger partial charge in [0.2, 0.25) is 11.8 Å². The van der Waals surface area contributed by atoms with Crippen LogP contribution in [-0.4, -0.2) is 17.1 Å². The second-order valence-electron chi connectivity index (χ2n) is 5.23. The number of benzene rings is 1. The van der Waals surface area contributed by atoms with E-state index in [4.69, 9.17) is 4.74 Å². The molecule has 4 heteroatoms. The molecule has 1 aromatic carbocycles. The summed E-state index contributed by atoms with van der Waals surface area (Å²) < 4.78 is 5.16. The predicted molar refractivity (Wildman–Crippen MR) is 81.9 cm³/mol. The lowest BCUT2D eigenvalue weighted by Gasteiger charge is -2.12. The van der Waals surface area contributed by atoms with Crippen molar-refractivity contribution in [1.29, 1.82) is 0 Å². The molecule has 106 valence electrons. The molecule has 0 fully saturated rings. The zero-order chi connectivity index (χ0) is 14.7. The smallest absolute Gasteiger partial charge is 0.230 e. The normalized spacial score (nSPS) is 10.7. The van der Waals surface area contributed by atoms with Crippen LogP contribution in [0.4, 0.5) is 11.6 Å². The third kappa shape index (κ3) is 3.26. The molecule has 0 aliphatic heterocycles. The molecule has 0 unspecified atom stereocenters. The van der Waals surface area contributed by atoms with Crippen molar-refractivity contribution in [2.45, 2.75) is 33.6 Å². The number of ether oxygens (including phenoxy) is 1. The van der Waals surface area contributed by atoms with E-state index in [1.54, 1.807) is 13.2 Å². The van der Waals surface area contributed by atoms with Crippen LogP contribution in [0.5, 0.6) is 5.88 Å². The van der Waals surface area contributed by atoms with Gasteiger partial charge in [-0.1, -0.05) is 26.0 Å². The first-order chi connectivity index (χ1) is 9.49. The number of nitrogens with zero attached hydrogens (tertiary/aromatic N) is 2. The van der Waals surface area contributed by atoms with Crippen LogP contribution < -0.4 is 10.1 Å². The minimum absolute atomic E-state index is 0.526. The molecule has 0 atom stereocenters. The highest BCUT2D eigenvalue weighted by atomic mass is 16.5. The molecule has 0 saturated heterocycles. The fourth-order valence-corrected chi connectivity index (χ4v) is 2.01. The van der Waals surface area contributed by atoms with E-state index in [2.05, 4.69) is 54.3 Å². The molecule has 0 saturated carbocycles. The van der Waals surface area contributed by atoms with Gasteiger partial charge in [-0.2, -0.15) is 4.98 Å². The zero-order valence-electron chi connectivity index (χ0n) is 12.7. The van der Waals surface area contributed by atoms with Gasteiger partial charge in [0.05, 0.1) is 7.11 Å². The Morgan fingerprint density at radius 2 is 1.85 bits per heavy atom. The largest absolute Gasteiger partial charge is 0.481 e. The molecular formula is C16H21N3O. The summed E-state index contributed by atoms with van der Waals surface area (Å²) >= 11 is 0. The average Bonchev–Trinajstić information content (AvgIpc) is 2.40. The van der Waals surface area contributed by atoms with Crippen molar-refractivity contribution in [2.24, 2.45) is 0 Å². The van der Waals surface area contributed by atoms with Gasteiger partial charge in [-0.05, 0) is 37.0 Å². The first kappa shape index (κ1) is 14.3. The molecule has 4 nitrogen and oxygen atoms in total. The van der Waals surface area contributed by atoms with Crippen LogP contribution in [0.1, 0.15) is 36.6 Å². The number of rotatable bonds is 4. The van der Waals surface area contributed by atoms with Crippen LogP contribution in [0, 0.1) is 13.8 Å². The van der Waals surface area contributed by atoms with Crippen LogP contribution in [-0.2, 0) is 0 Å². The summed E-state index contributed by atoms with van der Waals surface area (Å²) in [5, 5.41) is 3.25. The van der Waals surface area contributed by atoms with E-state index in [0.29, 0.717) is 17.7 Å². The number of hydrogen-bond donors (Lipinski definition) is 1. The number of methoxy groups -OCH3 is 1. The van der Waals surface area contributed by atoms with Crippen molar-refractivity contribution >= 4 is 11.6 Å². The Kier molecular flexibility index (Phi) is 4.23. The summed E-state index contributed by atoms with van der Waals surface area (Å²) in [4.78, 5) is 8.68. The Bertz CT molecular complexity index is 609. The monoisotopic (exact) mass is 271 g/mol. The average molecular weight is 271 g/mol. The molecule has 0 radical (unpaired) electrons. The molecule has 0 spiro atoms. The Morgan fingerprint density at radius 3 is 2.45 bits per heavy atom. The Morgan fingerprint density at radius 1 is 1.10 bits per heavy atom. The van der Waals surface area contributed by atoms with Crippen molar-refractivity contribution < 1.29 is 4.74 Å². The molecule has 1 aromatic heterocycles. The zero-order valence-corrected chi connectivity index (χ0v) is 12.7. The standard InChI is InChI=1S/C16H21N3O/c1-10(2)13-6-7-14(11(3)8-13)18-16-17-12(4)9-15(19-16)20-5/h6-10H,1-5H3,(H,17,18,19). The fraction of sp³-hybridized carbons (Fsp3) is 0.375. The highest BCUT2D eigenvalue weighted by Gasteiger charge is 2.06. The summed E-state index contributed by atoms with van der Waals surface area (Å²) in [7, 11) is 1.61. The van der Waals surface area contributed by atoms with E-state index in [9.17, 15) is 0 Å². The third-order valence-electron chi connectivity index (χ3n) is 3.20. The molecule has 0 amide bonds. The molecule has 0 aliphatic carbocycles. The maximum absolute atomic E-state index is 5.16. The topological polar surface area (TPSA) is 47.0 Å². The number of anilines is 2. The van der Waals surface area contributed by atoms with Crippen LogP contribution in [0.2, 0.25) is 0 Å². The molecular weight excluding hydrogens is 250 g/mol. The lowest BCUT2D eigenvalue weighted by Crippen LogP contribution is -2.02. The Labute approximate surface area is 120 Å². The lowest BCUT2D eigenvalue weighted by atomic mass is 10.0. The third-order valence-corrected chi connectivity index (χ3v) is 3.20. The first-order valence-electron chi connectivity index (χ1n) is 6.77. The summed E-state index contributed by atoms with van der Waals surface area (Å²) in [5.41, 5.74) is 4.40. The molecule has 2 rings (SSSR count). The van der Waals surface area contributed by atoms with Crippen molar-refractivity contribution in [3.63, 3.8) is 0 Å². The summed E-state index contributed by atoms with van der Waals surface area (Å²) in [6.45, 7) is 8.39. The van der Waals surface area contributed by atoms with Gasteiger partial charge in [0.1, 0.15) is 0 Å². The van der Waals surface area contributed by atoms with Gasteiger partial charge in [0.25, 0.3) is 0 Å². The van der Waals surface area contributed by atoms with Gasteiger partial charge in [0, 0.05) is 17.4 Å². The maximum Gasteiger partial charge on any atom is 0.230 e. The Balaban J connectivity index is 2.28. The Hall–Kier alpha value is -2.10. The van der Waals surface area contributed by atoms with E-state index in [1.807, 2.05) is 6.92 Å². The van der Waals surface area contributed by atoms with Crippen molar-refractivity contribution in [1.82, 2.24) is 9.97 Å². The number of aromatic nitrogens is 2. The van der Waals surface area contributed by atoms with Gasteiger partial charge in [-0.3, -0.25) is 0 Å². The van der Waals surface area contributed by atoms with Gasteiger partial charge >= 0.3 is 0 Å². The van der Waals surface area contributed by atoms with E-state index in [1.165, 1.54) is 11.1 Å². The molecule has 1 N–H and O–H groups in total. The van der Waals surface area contributed by atoms with E-state index >= 15 is 0 Å². The molecule has 1 heterocycles. The second kappa shape index (κ2) is 5.90. The van der Waals surface area contributed by atoms with Crippen molar-refractivity contribution in [2.75, 3.05) is 12.4 Å². The van der Waals surface area contributed by atoms with E-state index in [0.717, 1.165) is 11.4 Å². The van der Waals surface area contributed by atoms with Gasteiger partial charge in [-0.15, -0.1) is 0 Å². The highest BCUT2D eigenvalue weighted by Crippen LogP contribution is 2.24. The van der Waals surface area contributed by atoms with Crippen LogP contribution in [0.3, 0.4) is 0 Å². The summed E-state index contributed by atoms with van der Waals surface area (Å²) in [6, 6.07) is 8.20. The molecule has 2 aromatic rings. The minimum Gasteiger partial charge on any atom is -0.481 e. The minimum atomic E-state index is 0.526. The van der Waals surface area contributed by atoms with Gasteiger partial charge in [-0.25, -0.2) is 4.98 Å². The summed E-state index contributed by atoms with van der Waals surface area (Å²) in [6.07, 6.45) is 0. The predicted octanol–water partition coefficient (Wildman–Crippen LogP) is 3.97. The molecule has 0 bridgehead atoms. The number of hydrogen-bond acceptors (Lipinski definition) is 4. The highest BCUT2D eigenvalue weighted by molar-refractivity contribution is 5.59. The van der Waals surface area contributed by atoms with Crippen LogP contribution in [0.25, 0.3) is 0 Å². The van der Waals surface area contributed by atoms with Gasteiger partial charge in [0.15, 0.2) is 0 Å². The second-order valence-corrected chi connectivity index (χ2v) is 5.23. The number of nitrogens with one attached hydrogen (secondary N) is 1. The molecule has 20 heavy (non-hydrogen) atoms. The quantitative estimate of drug-likeness (QED) is 0.914. The first-order valence-corrected chi connectivity index (χ1v) is 6.77. The van der Waals surface area contributed by atoms with Crippen molar-refractivity contribution in [3.8, 4) is 5.88 Å². The molecule has 0 aliphatic rings. The van der Waals surface area contributed by atoms with Crippen molar-refractivity contribution in [3.05, 3.63) is 41.1 Å². The van der Waals surface area contributed by atoms with Gasteiger partial charge < -0.3 is 10.1 Å². The van der Waals surface area contributed by atoms with E-state index in [-0.39, 0.29) is 0 Å². The summed E-state index contributed by atoms with van der Waals surface area (Å²) in [5.74, 6) is 1.65. The van der Waals surface area contributed by atoms with E-state index < -0.39 is 0 Å².